The first-order valence-corrected chi connectivity index (χ1v) is 5.85. The predicted molar refractivity (Wildman–Crippen MR) is 67.7 cm³/mol. The number of likely N-dealkylation sites (N-methyl/N-ethyl adjacent to an activating group) is 2. The van der Waals surface area contributed by atoms with Crippen molar-refractivity contribution >= 4 is 17.3 Å². The largest absolute Gasteiger partial charge is 0.483 e. The zero-order valence-corrected chi connectivity index (χ0v) is 10.6. The minimum Gasteiger partial charge on any atom is -0.483 e. The molecule has 2 rings (SSSR count). The molecule has 3 nitrogen and oxygen atoms in total. The van der Waals surface area contributed by atoms with Gasteiger partial charge < -0.3 is 15.0 Å². The third kappa shape index (κ3) is 1.85. The van der Waals surface area contributed by atoms with Gasteiger partial charge in [-0.15, -0.1) is 0 Å². The third-order valence-electron chi connectivity index (χ3n) is 3.15. The van der Waals surface area contributed by atoms with Gasteiger partial charge in [0.25, 0.3) is 0 Å². The van der Waals surface area contributed by atoms with Crippen molar-refractivity contribution in [3.8, 4) is 5.75 Å². The maximum Gasteiger partial charge on any atom is 0.161 e. The first-order valence-electron chi connectivity index (χ1n) is 5.47. The van der Waals surface area contributed by atoms with Crippen molar-refractivity contribution in [3.05, 3.63) is 23.2 Å². The van der Waals surface area contributed by atoms with E-state index in [1.54, 1.807) is 0 Å². The lowest BCUT2D eigenvalue weighted by atomic mass is 10.1. The number of halogens is 1. The average Bonchev–Trinajstić information content (AvgIpc) is 2.27. The van der Waals surface area contributed by atoms with Crippen LogP contribution in [0.15, 0.2) is 18.2 Å². The number of nitrogens with one attached hydrogen (secondary N) is 1. The van der Waals surface area contributed by atoms with Gasteiger partial charge in [0, 0.05) is 13.6 Å². The van der Waals surface area contributed by atoms with E-state index in [1.165, 1.54) is 0 Å². The average molecular weight is 241 g/mol. The van der Waals surface area contributed by atoms with Crippen LogP contribution >= 0.6 is 11.6 Å². The molecule has 1 aromatic carbocycles. The maximum atomic E-state index is 6.15. The zero-order valence-electron chi connectivity index (χ0n) is 9.83. The number of anilines is 1. The molecule has 88 valence electrons. The molecule has 0 saturated heterocycles. The van der Waals surface area contributed by atoms with Crippen LogP contribution < -0.4 is 15.0 Å². The normalized spacial score (nSPS) is 23.9. The van der Waals surface area contributed by atoms with Crippen LogP contribution in [0.5, 0.6) is 5.75 Å². The number of para-hydroxylation sites is 1. The second-order valence-corrected chi connectivity index (χ2v) is 4.56. The molecule has 0 aromatic heterocycles. The highest BCUT2D eigenvalue weighted by Crippen LogP contribution is 2.40. The topological polar surface area (TPSA) is 24.5 Å². The summed E-state index contributed by atoms with van der Waals surface area (Å²) in [5, 5.41) is 3.82. The quantitative estimate of drug-likeness (QED) is 0.857. The van der Waals surface area contributed by atoms with E-state index in [9.17, 15) is 0 Å². The van der Waals surface area contributed by atoms with Gasteiger partial charge in [-0.3, -0.25) is 0 Å². The highest BCUT2D eigenvalue weighted by Gasteiger charge is 2.31. The minimum atomic E-state index is 0.127. The van der Waals surface area contributed by atoms with Crippen LogP contribution in [0.3, 0.4) is 0 Å². The monoisotopic (exact) mass is 240 g/mol. The summed E-state index contributed by atoms with van der Waals surface area (Å²) in [6, 6.07) is 6.18. The van der Waals surface area contributed by atoms with Crippen LogP contribution in [0.2, 0.25) is 5.02 Å². The fourth-order valence-electron chi connectivity index (χ4n) is 2.02. The number of hydrogen-bond acceptors (Lipinski definition) is 3. The molecule has 0 fully saturated rings. The molecule has 1 N–H and O–H groups in total. The first-order chi connectivity index (χ1) is 7.65. The first kappa shape index (κ1) is 11.6. The Hall–Kier alpha value is -0.930. The molecule has 2 unspecified atom stereocenters. The van der Waals surface area contributed by atoms with Crippen LogP contribution in [0.4, 0.5) is 5.69 Å². The van der Waals surface area contributed by atoms with Crippen molar-refractivity contribution in [2.24, 2.45) is 0 Å². The minimum absolute atomic E-state index is 0.127. The number of ether oxygens (including phenoxy) is 1. The number of rotatable bonds is 2. The fourth-order valence-corrected chi connectivity index (χ4v) is 2.24. The molecule has 4 heteroatoms. The van der Waals surface area contributed by atoms with Gasteiger partial charge in [0.1, 0.15) is 6.10 Å². The number of benzene rings is 1. The van der Waals surface area contributed by atoms with Crippen molar-refractivity contribution in [3.63, 3.8) is 0 Å². The van der Waals surface area contributed by atoms with E-state index in [4.69, 9.17) is 16.3 Å². The van der Waals surface area contributed by atoms with Gasteiger partial charge in [-0.1, -0.05) is 17.7 Å². The van der Waals surface area contributed by atoms with Crippen molar-refractivity contribution in [2.75, 3.05) is 25.5 Å². The second kappa shape index (κ2) is 4.52. The molecule has 0 bridgehead atoms. The molecule has 16 heavy (non-hydrogen) atoms. The maximum absolute atomic E-state index is 6.15. The standard InChI is InChI=1S/C12H17ClN2O/c1-8-11(7-14-2)16-12-9(13)5-4-6-10(12)15(8)3/h4-6,8,11,14H,7H2,1-3H3. The second-order valence-electron chi connectivity index (χ2n) is 4.15. The fraction of sp³-hybridized carbons (Fsp3) is 0.500. The molecule has 0 radical (unpaired) electrons. The highest BCUT2D eigenvalue weighted by molar-refractivity contribution is 6.32. The van der Waals surface area contributed by atoms with E-state index < -0.39 is 0 Å². The Kier molecular flexibility index (Phi) is 3.26. The summed E-state index contributed by atoms with van der Waals surface area (Å²) in [5.74, 6) is 0.796. The van der Waals surface area contributed by atoms with Crippen LogP contribution in [-0.4, -0.2) is 32.8 Å². The summed E-state index contributed by atoms with van der Waals surface area (Å²) >= 11 is 6.15. The predicted octanol–water partition coefficient (Wildman–Crippen LogP) is 2.15. The number of fused-ring (bicyclic) bond motifs is 1. The van der Waals surface area contributed by atoms with Gasteiger partial charge in [0.2, 0.25) is 0 Å². The Morgan fingerprint density at radius 3 is 2.94 bits per heavy atom. The van der Waals surface area contributed by atoms with Gasteiger partial charge in [-0.2, -0.15) is 0 Å². The Balaban J connectivity index is 2.36. The molecule has 0 amide bonds. The van der Waals surface area contributed by atoms with Crippen LogP contribution in [0, 0.1) is 0 Å². The van der Waals surface area contributed by atoms with Crippen LogP contribution in [0.1, 0.15) is 6.92 Å². The molecule has 2 atom stereocenters. The summed E-state index contributed by atoms with van der Waals surface area (Å²) in [4.78, 5) is 2.22. The zero-order chi connectivity index (χ0) is 11.7. The molecule has 1 aliphatic rings. The summed E-state index contributed by atoms with van der Waals surface area (Å²) < 4.78 is 5.95. The number of nitrogens with zero attached hydrogens (tertiary/aromatic N) is 1. The van der Waals surface area contributed by atoms with Crippen LogP contribution in [0.25, 0.3) is 0 Å². The molecule has 1 heterocycles. The van der Waals surface area contributed by atoms with E-state index in [-0.39, 0.29) is 6.10 Å². The summed E-state index contributed by atoms with van der Waals surface area (Å²) in [6.45, 7) is 2.97. The van der Waals surface area contributed by atoms with Gasteiger partial charge >= 0.3 is 0 Å². The van der Waals surface area contributed by atoms with Crippen molar-refractivity contribution in [1.82, 2.24) is 5.32 Å². The molecular weight excluding hydrogens is 224 g/mol. The summed E-state index contributed by atoms with van der Waals surface area (Å²) in [7, 11) is 4.00. The summed E-state index contributed by atoms with van der Waals surface area (Å²) in [5.41, 5.74) is 1.06. The van der Waals surface area contributed by atoms with Gasteiger partial charge in [0.05, 0.1) is 16.8 Å². The Labute approximate surface area is 101 Å². The van der Waals surface area contributed by atoms with Crippen molar-refractivity contribution in [2.45, 2.75) is 19.1 Å². The summed E-state index contributed by atoms with van der Waals surface area (Å²) in [6.07, 6.45) is 0.127. The van der Waals surface area contributed by atoms with Crippen molar-refractivity contribution in [1.29, 1.82) is 0 Å². The van der Waals surface area contributed by atoms with E-state index in [0.717, 1.165) is 18.0 Å². The molecular formula is C12H17ClN2O. The SMILES string of the molecule is CNCC1Oc2c(Cl)cccc2N(C)C1C. The lowest BCUT2D eigenvalue weighted by molar-refractivity contribution is 0.161. The van der Waals surface area contributed by atoms with Crippen LogP contribution in [-0.2, 0) is 0 Å². The van der Waals surface area contributed by atoms with E-state index in [0.29, 0.717) is 11.1 Å². The molecule has 0 spiro atoms. The smallest absolute Gasteiger partial charge is 0.161 e. The van der Waals surface area contributed by atoms with E-state index in [1.807, 2.05) is 25.2 Å². The van der Waals surface area contributed by atoms with E-state index in [2.05, 4.69) is 24.2 Å². The van der Waals surface area contributed by atoms with Gasteiger partial charge in [-0.05, 0) is 26.1 Å². The lowest BCUT2D eigenvalue weighted by Crippen LogP contribution is -2.50. The Bertz CT molecular complexity index is 383. The molecule has 1 aliphatic heterocycles. The third-order valence-corrected chi connectivity index (χ3v) is 3.45. The van der Waals surface area contributed by atoms with Gasteiger partial charge in [-0.25, -0.2) is 0 Å². The molecule has 0 aliphatic carbocycles. The van der Waals surface area contributed by atoms with Gasteiger partial charge in [0.15, 0.2) is 5.75 Å². The molecule has 0 saturated carbocycles. The van der Waals surface area contributed by atoms with E-state index >= 15 is 0 Å². The Morgan fingerprint density at radius 2 is 2.25 bits per heavy atom. The number of hydrogen-bond donors (Lipinski definition) is 1. The lowest BCUT2D eigenvalue weighted by Gasteiger charge is -2.40. The van der Waals surface area contributed by atoms with Crippen molar-refractivity contribution < 1.29 is 4.74 Å². The molecule has 1 aromatic rings. The highest BCUT2D eigenvalue weighted by atomic mass is 35.5. The Morgan fingerprint density at radius 1 is 1.50 bits per heavy atom.